The summed E-state index contributed by atoms with van der Waals surface area (Å²) in [5, 5.41) is 7.41. The molecule has 116 valence electrons. The Morgan fingerprint density at radius 1 is 1.29 bits per heavy atom. The van der Waals surface area contributed by atoms with Crippen molar-refractivity contribution in [2.24, 2.45) is 5.73 Å². The number of alkyl halides is 3. The van der Waals surface area contributed by atoms with Gasteiger partial charge in [-0.1, -0.05) is 0 Å². The van der Waals surface area contributed by atoms with Gasteiger partial charge in [0.2, 0.25) is 5.95 Å². The highest BCUT2D eigenvalue weighted by Crippen LogP contribution is 2.19. The lowest BCUT2D eigenvalue weighted by Gasteiger charge is -2.35. The van der Waals surface area contributed by atoms with E-state index in [0.717, 1.165) is 0 Å². The Bertz CT molecular complexity index is 522. The average molecular weight is 302 g/mol. The molecule has 0 aliphatic carbocycles. The van der Waals surface area contributed by atoms with Gasteiger partial charge in [-0.25, -0.2) is 9.97 Å². The summed E-state index contributed by atoms with van der Waals surface area (Å²) in [5.41, 5.74) is 6.41. The van der Waals surface area contributed by atoms with Gasteiger partial charge in [0.25, 0.3) is 0 Å². The highest BCUT2D eigenvalue weighted by atomic mass is 19.4. The van der Waals surface area contributed by atoms with E-state index in [4.69, 9.17) is 11.1 Å². The van der Waals surface area contributed by atoms with Crippen LogP contribution >= 0.6 is 0 Å². The third-order valence-corrected chi connectivity index (χ3v) is 3.18. The quantitative estimate of drug-likeness (QED) is 0.636. The second-order valence-electron chi connectivity index (χ2n) is 4.99. The number of halogens is 3. The molecule has 1 aromatic heterocycles. The Hall–Kier alpha value is -1.90. The van der Waals surface area contributed by atoms with E-state index in [-0.39, 0.29) is 5.84 Å². The van der Waals surface area contributed by atoms with Gasteiger partial charge in [-0.3, -0.25) is 10.3 Å². The zero-order chi connectivity index (χ0) is 15.6. The van der Waals surface area contributed by atoms with Gasteiger partial charge in [0.15, 0.2) is 0 Å². The molecule has 21 heavy (non-hydrogen) atoms. The summed E-state index contributed by atoms with van der Waals surface area (Å²) in [6, 6.07) is 1.60. The van der Waals surface area contributed by atoms with Crippen molar-refractivity contribution < 1.29 is 13.2 Å². The highest BCUT2D eigenvalue weighted by Gasteiger charge is 2.32. The fraction of sp³-hybridized carbons (Fsp3) is 0.583. The molecule has 0 bridgehead atoms. The van der Waals surface area contributed by atoms with Crippen LogP contribution in [0.3, 0.4) is 0 Å². The van der Waals surface area contributed by atoms with Crippen LogP contribution < -0.4 is 10.6 Å². The van der Waals surface area contributed by atoms with Crippen molar-refractivity contribution in [3.05, 3.63) is 17.5 Å². The van der Waals surface area contributed by atoms with E-state index in [9.17, 15) is 13.2 Å². The predicted molar refractivity (Wildman–Crippen MR) is 72.5 cm³/mol. The van der Waals surface area contributed by atoms with Gasteiger partial charge >= 0.3 is 6.18 Å². The largest absolute Gasteiger partial charge is 0.401 e. The second-order valence-corrected chi connectivity index (χ2v) is 4.99. The minimum Gasteiger partial charge on any atom is -0.382 e. The summed E-state index contributed by atoms with van der Waals surface area (Å²) < 4.78 is 37.0. The molecular weight excluding hydrogens is 285 g/mol. The van der Waals surface area contributed by atoms with Crippen LogP contribution in [0.1, 0.15) is 11.4 Å². The van der Waals surface area contributed by atoms with E-state index in [1.807, 2.05) is 4.90 Å². The summed E-state index contributed by atoms with van der Waals surface area (Å²) in [6.07, 6.45) is -4.18. The number of hydrogen-bond acceptors (Lipinski definition) is 5. The van der Waals surface area contributed by atoms with Gasteiger partial charge in [-0.2, -0.15) is 13.2 Å². The molecule has 0 radical (unpaired) electrons. The zero-order valence-corrected chi connectivity index (χ0v) is 11.6. The summed E-state index contributed by atoms with van der Waals surface area (Å²) in [6.45, 7) is 2.29. The number of anilines is 1. The van der Waals surface area contributed by atoms with Crippen LogP contribution in [0.25, 0.3) is 0 Å². The third-order valence-electron chi connectivity index (χ3n) is 3.18. The summed E-state index contributed by atoms with van der Waals surface area (Å²) in [5.74, 6) is 0.254. The number of hydrogen-bond donors (Lipinski definition) is 2. The highest BCUT2D eigenvalue weighted by molar-refractivity contribution is 5.93. The Balaban J connectivity index is 2.04. The molecular formula is C12H17F3N6. The Morgan fingerprint density at radius 2 is 1.90 bits per heavy atom. The minimum absolute atomic E-state index is 0.155. The first kappa shape index (κ1) is 15.5. The molecule has 1 saturated heterocycles. The fourth-order valence-corrected chi connectivity index (χ4v) is 2.19. The van der Waals surface area contributed by atoms with Crippen LogP contribution in [-0.2, 0) is 0 Å². The Labute approximate surface area is 120 Å². The minimum atomic E-state index is -4.18. The monoisotopic (exact) mass is 302 g/mol. The van der Waals surface area contributed by atoms with Crippen molar-refractivity contribution >= 4 is 11.8 Å². The van der Waals surface area contributed by atoms with E-state index >= 15 is 0 Å². The smallest absolute Gasteiger partial charge is 0.382 e. The maximum absolute atomic E-state index is 12.3. The average Bonchev–Trinajstić information content (AvgIpc) is 2.37. The number of piperazine rings is 1. The number of nitrogens with zero attached hydrogens (tertiary/aromatic N) is 4. The van der Waals surface area contributed by atoms with Crippen LogP contribution in [0.2, 0.25) is 0 Å². The number of nitrogens with two attached hydrogens (primary N) is 1. The van der Waals surface area contributed by atoms with Gasteiger partial charge in [0.05, 0.1) is 6.54 Å². The standard InChI is InChI=1S/C12H17F3N6/c1-8-6-9(10(16)17)19-11(18-8)21-4-2-20(3-5-21)7-12(13,14)15/h6H,2-5,7H2,1H3,(H3,16,17). The molecule has 0 amide bonds. The number of nitrogen functional groups attached to an aromatic ring is 1. The summed E-state index contributed by atoms with van der Waals surface area (Å²) in [7, 11) is 0. The van der Waals surface area contributed by atoms with E-state index in [0.29, 0.717) is 43.5 Å². The first-order chi connectivity index (χ1) is 9.74. The van der Waals surface area contributed by atoms with Gasteiger partial charge in [-0.15, -0.1) is 0 Å². The fourth-order valence-electron chi connectivity index (χ4n) is 2.19. The molecule has 0 aromatic carbocycles. The van der Waals surface area contributed by atoms with E-state index in [1.54, 1.807) is 13.0 Å². The van der Waals surface area contributed by atoms with Crippen LogP contribution in [0.15, 0.2) is 6.07 Å². The van der Waals surface area contributed by atoms with Crippen molar-refractivity contribution in [1.29, 1.82) is 5.41 Å². The molecule has 1 aromatic rings. The molecule has 0 spiro atoms. The number of aryl methyl sites for hydroxylation is 1. The molecule has 1 aliphatic heterocycles. The molecule has 3 N–H and O–H groups in total. The molecule has 2 rings (SSSR count). The third kappa shape index (κ3) is 4.28. The molecule has 0 unspecified atom stereocenters. The van der Waals surface area contributed by atoms with Gasteiger partial charge in [0, 0.05) is 31.9 Å². The van der Waals surface area contributed by atoms with Gasteiger partial charge < -0.3 is 10.6 Å². The van der Waals surface area contributed by atoms with Crippen LogP contribution in [-0.4, -0.2) is 59.6 Å². The first-order valence-corrected chi connectivity index (χ1v) is 6.49. The second kappa shape index (κ2) is 5.84. The maximum atomic E-state index is 12.3. The molecule has 0 saturated carbocycles. The number of aromatic nitrogens is 2. The summed E-state index contributed by atoms with van der Waals surface area (Å²) in [4.78, 5) is 11.6. The van der Waals surface area contributed by atoms with Crippen molar-refractivity contribution in [3.63, 3.8) is 0 Å². The maximum Gasteiger partial charge on any atom is 0.401 e. The normalized spacial score (nSPS) is 17.0. The first-order valence-electron chi connectivity index (χ1n) is 6.49. The number of amidine groups is 1. The van der Waals surface area contributed by atoms with Crippen molar-refractivity contribution in [1.82, 2.24) is 14.9 Å². The topological polar surface area (TPSA) is 82.1 Å². The lowest BCUT2D eigenvalue weighted by molar-refractivity contribution is -0.146. The lowest BCUT2D eigenvalue weighted by Crippen LogP contribution is -2.49. The molecule has 1 fully saturated rings. The van der Waals surface area contributed by atoms with Crippen LogP contribution in [0.5, 0.6) is 0 Å². The van der Waals surface area contributed by atoms with Crippen molar-refractivity contribution in [2.45, 2.75) is 13.1 Å². The predicted octanol–water partition coefficient (Wildman–Crippen LogP) is 0.753. The Morgan fingerprint density at radius 3 is 2.43 bits per heavy atom. The van der Waals surface area contributed by atoms with Gasteiger partial charge in [0.1, 0.15) is 11.5 Å². The van der Waals surface area contributed by atoms with Crippen LogP contribution in [0.4, 0.5) is 19.1 Å². The van der Waals surface area contributed by atoms with E-state index < -0.39 is 12.7 Å². The van der Waals surface area contributed by atoms with Crippen molar-refractivity contribution in [3.8, 4) is 0 Å². The van der Waals surface area contributed by atoms with Crippen LogP contribution in [0, 0.1) is 12.3 Å². The van der Waals surface area contributed by atoms with E-state index in [1.165, 1.54) is 4.90 Å². The number of nitrogens with one attached hydrogen (secondary N) is 1. The molecule has 9 heteroatoms. The number of rotatable bonds is 3. The Kier molecular flexibility index (Phi) is 4.31. The zero-order valence-electron chi connectivity index (χ0n) is 11.6. The SMILES string of the molecule is Cc1cc(C(=N)N)nc(N2CCN(CC(F)(F)F)CC2)n1. The lowest BCUT2D eigenvalue weighted by atomic mass is 10.3. The van der Waals surface area contributed by atoms with Gasteiger partial charge in [-0.05, 0) is 13.0 Å². The van der Waals surface area contributed by atoms with E-state index in [2.05, 4.69) is 9.97 Å². The molecule has 0 atom stereocenters. The molecule has 2 heterocycles. The summed E-state index contributed by atoms with van der Waals surface area (Å²) >= 11 is 0. The molecule has 6 nitrogen and oxygen atoms in total. The van der Waals surface area contributed by atoms with Crippen molar-refractivity contribution in [2.75, 3.05) is 37.6 Å². The molecule has 1 aliphatic rings.